The lowest BCUT2D eigenvalue weighted by atomic mass is 9.96. The zero-order valence-corrected chi connectivity index (χ0v) is 16.8. The minimum atomic E-state index is 0.431. The van der Waals surface area contributed by atoms with Crippen LogP contribution in [0.15, 0.2) is 24.4 Å². The van der Waals surface area contributed by atoms with Gasteiger partial charge in [-0.2, -0.15) is 0 Å². The molecule has 148 valence electrons. The molecule has 7 nitrogen and oxygen atoms in total. The van der Waals surface area contributed by atoms with Crippen LogP contribution in [0.2, 0.25) is 0 Å². The molecule has 0 unspecified atom stereocenters. The maximum absolute atomic E-state index is 5.47. The number of methoxy groups -OCH3 is 3. The number of nitrogens with zero attached hydrogens (tertiary/aromatic N) is 3. The smallest absolute Gasteiger partial charge is 0.203 e. The number of H-pyrrole nitrogens is 1. The largest absolute Gasteiger partial charge is 0.493 e. The maximum Gasteiger partial charge on any atom is 0.203 e. The van der Waals surface area contributed by atoms with E-state index in [9.17, 15) is 0 Å². The Morgan fingerprint density at radius 2 is 1.68 bits per heavy atom. The van der Waals surface area contributed by atoms with E-state index in [1.807, 2.05) is 18.3 Å². The van der Waals surface area contributed by atoms with Crippen molar-refractivity contribution in [2.45, 2.75) is 18.8 Å². The Bertz CT molecular complexity index is 952. The van der Waals surface area contributed by atoms with Crippen LogP contribution in [-0.4, -0.2) is 61.3 Å². The van der Waals surface area contributed by atoms with Gasteiger partial charge in [0.15, 0.2) is 11.5 Å². The fourth-order valence-electron chi connectivity index (χ4n) is 3.79. The molecule has 0 radical (unpaired) electrons. The lowest BCUT2D eigenvalue weighted by molar-refractivity contribution is 0.251. The summed E-state index contributed by atoms with van der Waals surface area (Å²) in [5.74, 6) is 3.19. The molecule has 0 bridgehead atoms. The monoisotopic (exact) mass is 382 g/mol. The van der Waals surface area contributed by atoms with Gasteiger partial charge in [0.25, 0.3) is 0 Å². The summed E-state index contributed by atoms with van der Waals surface area (Å²) in [5, 5.41) is 0. The highest BCUT2D eigenvalue weighted by Gasteiger charge is 2.21. The standard InChI is InChI=1S/C21H26N4O3/c1-25-7-5-13(6-8-25)21-22-12-17-16(24-21)11-15(23-17)14-9-18(26-2)20(28-4)19(10-14)27-3/h9-13,23H,5-8H2,1-4H3. The van der Waals surface area contributed by atoms with Crippen molar-refractivity contribution < 1.29 is 14.2 Å². The fourth-order valence-corrected chi connectivity index (χ4v) is 3.79. The summed E-state index contributed by atoms with van der Waals surface area (Å²) in [6.07, 6.45) is 4.09. The minimum absolute atomic E-state index is 0.431. The van der Waals surface area contributed by atoms with Crippen LogP contribution in [0.5, 0.6) is 17.2 Å². The van der Waals surface area contributed by atoms with Crippen molar-refractivity contribution in [3.05, 3.63) is 30.2 Å². The number of hydrogen-bond acceptors (Lipinski definition) is 6. The molecule has 7 heteroatoms. The van der Waals surface area contributed by atoms with E-state index in [0.29, 0.717) is 23.2 Å². The number of likely N-dealkylation sites (tertiary alicyclic amines) is 1. The summed E-state index contributed by atoms with van der Waals surface area (Å²) in [6.45, 7) is 2.19. The third kappa shape index (κ3) is 3.38. The average molecular weight is 382 g/mol. The van der Waals surface area contributed by atoms with Crippen LogP contribution in [0.1, 0.15) is 24.6 Å². The van der Waals surface area contributed by atoms with E-state index in [4.69, 9.17) is 19.2 Å². The van der Waals surface area contributed by atoms with Crippen molar-refractivity contribution in [3.8, 4) is 28.5 Å². The molecule has 0 saturated carbocycles. The van der Waals surface area contributed by atoms with E-state index < -0.39 is 0 Å². The maximum atomic E-state index is 5.47. The van der Waals surface area contributed by atoms with Crippen molar-refractivity contribution in [2.24, 2.45) is 0 Å². The molecule has 3 heterocycles. The number of piperidine rings is 1. The molecule has 0 amide bonds. The molecular formula is C21H26N4O3. The number of hydrogen-bond donors (Lipinski definition) is 1. The highest BCUT2D eigenvalue weighted by molar-refractivity contribution is 5.83. The van der Waals surface area contributed by atoms with Gasteiger partial charge in [-0.05, 0) is 51.2 Å². The summed E-state index contributed by atoms with van der Waals surface area (Å²) in [6, 6.07) is 5.91. The Morgan fingerprint density at radius 1 is 1.00 bits per heavy atom. The first kappa shape index (κ1) is 18.6. The molecule has 1 aliphatic rings. The Labute approximate surface area is 164 Å². The molecule has 0 spiro atoms. The molecule has 3 aromatic rings. The fraction of sp³-hybridized carbons (Fsp3) is 0.429. The van der Waals surface area contributed by atoms with Gasteiger partial charge in [-0.15, -0.1) is 0 Å². The van der Waals surface area contributed by atoms with Gasteiger partial charge in [-0.1, -0.05) is 0 Å². The first-order chi connectivity index (χ1) is 13.6. The van der Waals surface area contributed by atoms with Crippen LogP contribution in [-0.2, 0) is 0 Å². The van der Waals surface area contributed by atoms with Gasteiger partial charge >= 0.3 is 0 Å². The zero-order chi connectivity index (χ0) is 19.7. The number of aromatic nitrogens is 3. The molecule has 1 aromatic carbocycles. The Morgan fingerprint density at radius 3 is 2.29 bits per heavy atom. The Hall–Kier alpha value is -2.80. The number of fused-ring (bicyclic) bond motifs is 1. The van der Waals surface area contributed by atoms with Crippen LogP contribution in [0.25, 0.3) is 22.3 Å². The predicted octanol–water partition coefficient (Wildman–Crippen LogP) is 3.46. The van der Waals surface area contributed by atoms with E-state index >= 15 is 0 Å². The summed E-state index contributed by atoms with van der Waals surface area (Å²) in [7, 11) is 7.00. The molecule has 0 atom stereocenters. The second-order valence-electron chi connectivity index (χ2n) is 7.20. The second-order valence-corrected chi connectivity index (χ2v) is 7.20. The zero-order valence-electron chi connectivity index (χ0n) is 16.8. The molecule has 1 N–H and O–H groups in total. The van der Waals surface area contributed by atoms with Crippen molar-refractivity contribution >= 4 is 11.0 Å². The molecule has 0 aliphatic carbocycles. The lowest BCUT2D eigenvalue weighted by Crippen LogP contribution is -2.29. The van der Waals surface area contributed by atoms with E-state index in [2.05, 4.69) is 28.0 Å². The number of ether oxygens (including phenoxy) is 3. The Kier molecular flexibility index (Phi) is 5.09. The van der Waals surface area contributed by atoms with Crippen LogP contribution in [0, 0.1) is 0 Å². The van der Waals surface area contributed by atoms with Crippen LogP contribution >= 0.6 is 0 Å². The molecular weight excluding hydrogens is 356 g/mol. The summed E-state index contributed by atoms with van der Waals surface area (Å²) in [4.78, 5) is 15.2. The first-order valence-electron chi connectivity index (χ1n) is 9.47. The normalized spacial score (nSPS) is 15.7. The average Bonchev–Trinajstić information content (AvgIpc) is 3.16. The van der Waals surface area contributed by atoms with E-state index in [0.717, 1.165) is 54.0 Å². The summed E-state index contributed by atoms with van der Waals surface area (Å²) in [5.41, 5.74) is 3.71. The highest BCUT2D eigenvalue weighted by Crippen LogP contribution is 2.41. The number of benzene rings is 1. The van der Waals surface area contributed by atoms with Crippen molar-refractivity contribution in [1.82, 2.24) is 19.9 Å². The molecule has 28 heavy (non-hydrogen) atoms. The van der Waals surface area contributed by atoms with Crippen molar-refractivity contribution in [1.29, 1.82) is 0 Å². The molecule has 1 saturated heterocycles. The van der Waals surface area contributed by atoms with E-state index in [1.54, 1.807) is 21.3 Å². The number of rotatable bonds is 5. The van der Waals surface area contributed by atoms with E-state index in [1.165, 1.54) is 0 Å². The van der Waals surface area contributed by atoms with Crippen molar-refractivity contribution in [3.63, 3.8) is 0 Å². The molecule has 4 rings (SSSR count). The van der Waals surface area contributed by atoms with Gasteiger partial charge in [0.2, 0.25) is 5.75 Å². The third-order valence-electron chi connectivity index (χ3n) is 5.45. The number of aromatic amines is 1. The minimum Gasteiger partial charge on any atom is -0.493 e. The van der Waals surface area contributed by atoms with Gasteiger partial charge in [0.05, 0.1) is 38.6 Å². The first-order valence-corrected chi connectivity index (χ1v) is 9.47. The molecule has 1 aliphatic heterocycles. The molecule has 2 aromatic heterocycles. The molecule has 1 fully saturated rings. The van der Waals surface area contributed by atoms with Gasteiger partial charge in [0, 0.05) is 17.2 Å². The van der Waals surface area contributed by atoms with E-state index in [-0.39, 0.29) is 0 Å². The van der Waals surface area contributed by atoms with Gasteiger partial charge in [0.1, 0.15) is 5.82 Å². The second kappa shape index (κ2) is 7.67. The predicted molar refractivity (Wildman–Crippen MR) is 108 cm³/mol. The number of nitrogens with one attached hydrogen (secondary N) is 1. The lowest BCUT2D eigenvalue weighted by Gasteiger charge is -2.27. The van der Waals surface area contributed by atoms with Crippen LogP contribution in [0.4, 0.5) is 0 Å². The third-order valence-corrected chi connectivity index (χ3v) is 5.45. The summed E-state index contributed by atoms with van der Waals surface area (Å²) >= 11 is 0. The Balaban J connectivity index is 1.70. The van der Waals surface area contributed by atoms with Crippen LogP contribution in [0.3, 0.4) is 0 Å². The van der Waals surface area contributed by atoms with Crippen LogP contribution < -0.4 is 14.2 Å². The van der Waals surface area contributed by atoms with Gasteiger partial charge in [-0.25, -0.2) is 9.97 Å². The highest BCUT2D eigenvalue weighted by atomic mass is 16.5. The van der Waals surface area contributed by atoms with Gasteiger partial charge < -0.3 is 24.1 Å². The summed E-state index contributed by atoms with van der Waals surface area (Å²) < 4.78 is 16.4. The van der Waals surface area contributed by atoms with Gasteiger partial charge in [-0.3, -0.25) is 0 Å². The van der Waals surface area contributed by atoms with Crippen molar-refractivity contribution in [2.75, 3.05) is 41.5 Å². The quantitative estimate of drug-likeness (QED) is 0.729. The topological polar surface area (TPSA) is 72.5 Å². The SMILES string of the molecule is COc1cc(-c2cc3nc(C4CCN(C)CC4)ncc3[nH]2)cc(OC)c1OC.